The second kappa shape index (κ2) is 6.18. The fraction of sp³-hybridized carbons (Fsp3) is 0.250. The van der Waals surface area contributed by atoms with E-state index in [1.807, 2.05) is 0 Å². The number of rotatable bonds is 4. The zero-order valence-corrected chi connectivity index (χ0v) is 12.3. The van der Waals surface area contributed by atoms with Crippen LogP contribution in [-0.4, -0.2) is 12.1 Å². The zero-order valence-electron chi connectivity index (χ0n) is 10.7. The molecule has 0 saturated carbocycles. The van der Waals surface area contributed by atoms with Crippen molar-refractivity contribution >= 4 is 22.9 Å². The second-order valence-electron chi connectivity index (χ2n) is 4.05. The summed E-state index contributed by atoms with van der Waals surface area (Å²) in [4.78, 5) is 3.71. The summed E-state index contributed by atoms with van der Waals surface area (Å²) in [7, 11) is 1.44. The first-order valence-electron chi connectivity index (χ1n) is 5.69. The number of nitrogens with zero attached hydrogens (tertiary/aromatic N) is 1. The minimum Gasteiger partial charge on any atom is -0.496 e. The number of methoxy groups -OCH3 is 1. The van der Waals surface area contributed by atoms with E-state index in [4.69, 9.17) is 22.2 Å². The zero-order chi connectivity index (χ0) is 15.6. The van der Waals surface area contributed by atoms with Crippen LogP contribution >= 0.6 is 22.9 Å². The molecule has 3 N–H and O–H groups in total. The minimum absolute atomic E-state index is 0.324. The Morgan fingerprint density at radius 1 is 1.43 bits per heavy atom. The third-order valence-electron chi connectivity index (χ3n) is 2.72. The molecule has 2 aromatic rings. The molecule has 0 saturated heterocycles. The number of hydrazine groups is 1. The van der Waals surface area contributed by atoms with E-state index in [1.54, 1.807) is 18.2 Å². The molecule has 0 spiro atoms. The number of halogens is 4. The maximum atomic E-state index is 12.6. The minimum atomic E-state index is -4.48. The molecule has 0 fully saturated rings. The third-order valence-corrected chi connectivity index (χ3v) is 4.07. The average Bonchev–Trinajstić information content (AvgIpc) is 2.90. The lowest BCUT2D eigenvalue weighted by Crippen LogP contribution is -2.28. The molecule has 0 bridgehead atoms. The first-order valence-corrected chi connectivity index (χ1v) is 6.88. The Balaban J connectivity index is 2.42. The van der Waals surface area contributed by atoms with Crippen molar-refractivity contribution in [2.24, 2.45) is 5.84 Å². The molecule has 4 nitrogen and oxygen atoms in total. The molecule has 0 amide bonds. The summed E-state index contributed by atoms with van der Waals surface area (Å²) in [6.45, 7) is 0. The highest BCUT2D eigenvalue weighted by Crippen LogP contribution is 2.38. The Kier molecular flexibility index (Phi) is 4.72. The van der Waals surface area contributed by atoms with Crippen molar-refractivity contribution in [1.29, 1.82) is 0 Å². The van der Waals surface area contributed by atoms with Gasteiger partial charge in [-0.25, -0.2) is 10.4 Å². The SMILES string of the molecule is COc1cc(Cl)ccc1C(NN)c1cnc(C(F)(F)F)s1. The highest BCUT2D eigenvalue weighted by Gasteiger charge is 2.35. The van der Waals surface area contributed by atoms with Gasteiger partial charge in [0.1, 0.15) is 5.75 Å². The van der Waals surface area contributed by atoms with Crippen molar-refractivity contribution in [3.8, 4) is 5.75 Å². The summed E-state index contributed by atoms with van der Waals surface area (Å²) in [5.41, 5.74) is 3.04. The molecule has 2 rings (SSSR count). The lowest BCUT2D eigenvalue weighted by molar-refractivity contribution is -0.137. The molecule has 0 radical (unpaired) electrons. The molecule has 1 atom stereocenters. The number of thiazole rings is 1. The van der Waals surface area contributed by atoms with Crippen LogP contribution in [0.4, 0.5) is 13.2 Å². The molecule has 114 valence electrons. The van der Waals surface area contributed by atoms with E-state index in [2.05, 4.69) is 10.4 Å². The second-order valence-corrected chi connectivity index (χ2v) is 5.55. The van der Waals surface area contributed by atoms with Gasteiger partial charge in [0.15, 0.2) is 5.01 Å². The smallest absolute Gasteiger partial charge is 0.443 e. The molecular formula is C12H11ClF3N3OS. The van der Waals surface area contributed by atoms with Gasteiger partial charge in [0, 0.05) is 21.7 Å². The van der Waals surface area contributed by atoms with Gasteiger partial charge in [-0.05, 0) is 12.1 Å². The lowest BCUT2D eigenvalue weighted by Gasteiger charge is -2.17. The number of hydrogen-bond acceptors (Lipinski definition) is 5. The van der Waals surface area contributed by atoms with Gasteiger partial charge in [-0.15, -0.1) is 11.3 Å². The Morgan fingerprint density at radius 3 is 2.67 bits per heavy atom. The molecule has 1 aromatic heterocycles. The van der Waals surface area contributed by atoms with Crippen molar-refractivity contribution in [2.75, 3.05) is 7.11 Å². The molecule has 1 unspecified atom stereocenters. The molecule has 0 aliphatic rings. The van der Waals surface area contributed by atoms with Crippen molar-refractivity contribution in [1.82, 2.24) is 10.4 Å². The van der Waals surface area contributed by atoms with E-state index < -0.39 is 17.2 Å². The van der Waals surface area contributed by atoms with Crippen LogP contribution in [0.25, 0.3) is 0 Å². The molecule has 1 heterocycles. The third kappa shape index (κ3) is 3.46. The quantitative estimate of drug-likeness (QED) is 0.663. The first kappa shape index (κ1) is 16.0. The maximum absolute atomic E-state index is 12.6. The number of hydrogen-bond donors (Lipinski definition) is 2. The van der Waals surface area contributed by atoms with Gasteiger partial charge < -0.3 is 4.74 Å². The van der Waals surface area contributed by atoms with E-state index in [0.29, 0.717) is 32.5 Å². The average molecular weight is 338 g/mol. The number of aromatic nitrogens is 1. The van der Waals surface area contributed by atoms with E-state index in [9.17, 15) is 13.2 Å². The molecular weight excluding hydrogens is 327 g/mol. The Labute approximate surface area is 127 Å². The van der Waals surface area contributed by atoms with E-state index in [1.165, 1.54) is 7.11 Å². The van der Waals surface area contributed by atoms with Crippen LogP contribution in [-0.2, 0) is 6.18 Å². The van der Waals surface area contributed by atoms with Gasteiger partial charge in [-0.1, -0.05) is 17.7 Å². The van der Waals surface area contributed by atoms with Crippen molar-refractivity contribution in [3.63, 3.8) is 0 Å². The summed E-state index contributed by atoms with van der Waals surface area (Å²) in [5, 5.41) is -0.475. The first-order chi connectivity index (χ1) is 9.86. The van der Waals surface area contributed by atoms with Crippen LogP contribution in [0.5, 0.6) is 5.75 Å². The van der Waals surface area contributed by atoms with Gasteiger partial charge in [0.2, 0.25) is 0 Å². The summed E-state index contributed by atoms with van der Waals surface area (Å²) in [6, 6.07) is 4.13. The maximum Gasteiger partial charge on any atom is 0.443 e. The standard InChI is InChI=1S/C12H11ClF3N3OS/c1-20-8-4-6(13)2-3-7(8)10(19-17)9-5-18-11(21-9)12(14,15)16/h2-5,10,19H,17H2,1H3. The Morgan fingerprint density at radius 2 is 2.14 bits per heavy atom. The van der Waals surface area contributed by atoms with Gasteiger partial charge >= 0.3 is 6.18 Å². The van der Waals surface area contributed by atoms with Crippen LogP contribution in [0, 0.1) is 0 Å². The molecule has 1 aromatic carbocycles. The number of benzene rings is 1. The normalized spacial score (nSPS) is 13.2. The van der Waals surface area contributed by atoms with Gasteiger partial charge in [0.25, 0.3) is 0 Å². The monoisotopic (exact) mass is 337 g/mol. The molecule has 0 aliphatic heterocycles. The van der Waals surface area contributed by atoms with E-state index in [-0.39, 0.29) is 0 Å². The number of nitrogens with two attached hydrogens (primary N) is 1. The van der Waals surface area contributed by atoms with Crippen LogP contribution < -0.4 is 16.0 Å². The highest BCUT2D eigenvalue weighted by molar-refractivity contribution is 7.11. The van der Waals surface area contributed by atoms with Crippen LogP contribution in [0.15, 0.2) is 24.4 Å². The van der Waals surface area contributed by atoms with Crippen molar-refractivity contribution < 1.29 is 17.9 Å². The molecule has 0 aliphatic carbocycles. The fourth-order valence-corrected chi connectivity index (χ4v) is 2.82. The van der Waals surface area contributed by atoms with Crippen LogP contribution in [0.1, 0.15) is 21.5 Å². The summed E-state index contributed by atoms with van der Waals surface area (Å²) in [5.74, 6) is 5.90. The van der Waals surface area contributed by atoms with Crippen LogP contribution in [0.2, 0.25) is 5.02 Å². The summed E-state index contributed by atoms with van der Waals surface area (Å²) < 4.78 is 43.1. The predicted octanol–water partition coefficient (Wildman–Crippen LogP) is 3.38. The topological polar surface area (TPSA) is 60.2 Å². The summed E-state index contributed by atoms with van der Waals surface area (Å²) in [6.07, 6.45) is -3.34. The van der Waals surface area contributed by atoms with Gasteiger partial charge in [-0.3, -0.25) is 5.84 Å². The van der Waals surface area contributed by atoms with Crippen molar-refractivity contribution in [3.05, 3.63) is 44.9 Å². The van der Waals surface area contributed by atoms with Gasteiger partial charge in [-0.2, -0.15) is 13.2 Å². The van der Waals surface area contributed by atoms with Crippen LogP contribution in [0.3, 0.4) is 0 Å². The van der Waals surface area contributed by atoms with E-state index in [0.717, 1.165) is 6.20 Å². The largest absolute Gasteiger partial charge is 0.496 e. The highest BCUT2D eigenvalue weighted by atomic mass is 35.5. The van der Waals surface area contributed by atoms with E-state index >= 15 is 0 Å². The molecule has 9 heteroatoms. The fourth-order valence-electron chi connectivity index (χ4n) is 1.80. The molecule has 21 heavy (non-hydrogen) atoms. The number of ether oxygens (including phenoxy) is 1. The Bertz CT molecular complexity index is 632. The Hall–Kier alpha value is -1.35. The van der Waals surface area contributed by atoms with Crippen molar-refractivity contribution in [2.45, 2.75) is 12.2 Å². The number of nitrogens with one attached hydrogen (secondary N) is 1. The van der Waals surface area contributed by atoms with Gasteiger partial charge in [0.05, 0.1) is 13.2 Å². The predicted molar refractivity (Wildman–Crippen MR) is 74.3 cm³/mol. The number of alkyl halides is 3. The lowest BCUT2D eigenvalue weighted by atomic mass is 10.1. The summed E-state index contributed by atoms with van der Waals surface area (Å²) >= 11 is 6.39.